The average Bonchev–Trinajstić information content (AvgIpc) is 2.69. The van der Waals surface area contributed by atoms with Crippen LogP contribution in [0.5, 0.6) is 0 Å². The van der Waals surface area contributed by atoms with Crippen LogP contribution in [-0.4, -0.2) is 18.6 Å². The summed E-state index contributed by atoms with van der Waals surface area (Å²) in [5.74, 6) is 0.693. The topological polar surface area (TPSA) is 29.3 Å². The minimum atomic E-state index is 0.226. The summed E-state index contributed by atoms with van der Waals surface area (Å²) in [5.41, 5.74) is 9.05. The maximum atomic E-state index is 6.18. The molecule has 2 N–H and O–H groups in total. The van der Waals surface area contributed by atoms with Crippen molar-refractivity contribution < 1.29 is 0 Å². The molecule has 0 saturated carbocycles. The van der Waals surface area contributed by atoms with Gasteiger partial charge in [-0.2, -0.15) is 0 Å². The summed E-state index contributed by atoms with van der Waals surface area (Å²) in [4.78, 5) is 2.51. The Kier molecular flexibility index (Phi) is 3.72. The van der Waals surface area contributed by atoms with Crippen LogP contribution in [0.2, 0.25) is 0 Å². The number of rotatable bonds is 4. The molecule has 94 valence electrons. The minimum Gasteiger partial charge on any atom is -0.366 e. The van der Waals surface area contributed by atoms with Gasteiger partial charge in [0.1, 0.15) is 0 Å². The maximum absolute atomic E-state index is 6.18. The Bertz CT molecular complexity index is 371. The van der Waals surface area contributed by atoms with Gasteiger partial charge in [-0.15, -0.1) is 0 Å². The number of benzene rings is 1. The third-order valence-corrected chi connectivity index (χ3v) is 3.64. The Morgan fingerprint density at radius 1 is 1.24 bits per heavy atom. The lowest BCUT2D eigenvalue weighted by Crippen LogP contribution is -2.46. The molecule has 0 unspecified atom stereocenters. The molecule has 0 aromatic heterocycles. The van der Waals surface area contributed by atoms with E-state index in [-0.39, 0.29) is 6.04 Å². The van der Waals surface area contributed by atoms with Crippen molar-refractivity contribution in [3.63, 3.8) is 0 Å². The van der Waals surface area contributed by atoms with Gasteiger partial charge in [0, 0.05) is 24.3 Å². The molecule has 17 heavy (non-hydrogen) atoms. The largest absolute Gasteiger partial charge is 0.366 e. The summed E-state index contributed by atoms with van der Waals surface area (Å²) in [6.07, 6.45) is 2.34. The smallest absolute Gasteiger partial charge is 0.0441 e. The van der Waals surface area contributed by atoms with Crippen molar-refractivity contribution >= 4 is 5.69 Å². The molecule has 1 aromatic carbocycles. The summed E-state index contributed by atoms with van der Waals surface area (Å²) in [6, 6.07) is 9.43. The maximum Gasteiger partial charge on any atom is 0.0441 e. The van der Waals surface area contributed by atoms with Crippen molar-refractivity contribution in [2.24, 2.45) is 11.7 Å². The first-order valence-electron chi connectivity index (χ1n) is 6.69. The Morgan fingerprint density at radius 3 is 2.59 bits per heavy atom. The lowest BCUT2D eigenvalue weighted by molar-refractivity contribution is 0.424. The van der Waals surface area contributed by atoms with Crippen molar-refractivity contribution in [1.29, 1.82) is 0 Å². The van der Waals surface area contributed by atoms with Crippen molar-refractivity contribution in [1.82, 2.24) is 0 Å². The van der Waals surface area contributed by atoms with Gasteiger partial charge in [-0.1, -0.05) is 32.0 Å². The highest BCUT2D eigenvalue weighted by atomic mass is 15.2. The van der Waals surface area contributed by atoms with Gasteiger partial charge in [-0.05, 0) is 37.3 Å². The van der Waals surface area contributed by atoms with Gasteiger partial charge in [0.2, 0.25) is 0 Å². The molecule has 0 radical (unpaired) electrons. The Morgan fingerprint density at radius 2 is 1.94 bits per heavy atom. The Balaban J connectivity index is 2.21. The number of hydrogen-bond acceptors (Lipinski definition) is 2. The van der Waals surface area contributed by atoms with Crippen LogP contribution >= 0.6 is 0 Å². The minimum absolute atomic E-state index is 0.226. The van der Waals surface area contributed by atoms with Gasteiger partial charge in [0.15, 0.2) is 0 Å². The highest BCUT2D eigenvalue weighted by Crippen LogP contribution is 2.31. The summed E-state index contributed by atoms with van der Waals surface area (Å²) < 4.78 is 0. The monoisotopic (exact) mass is 232 g/mol. The fourth-order valence-corrected chi connectivity index (χ4v) is 2.82. The molecule has 0 bridgehead atoms. The first-order chi connectivity index (χ1) is 8.09. The van der Waals surface area contributed by atoms with Crippen LogP contribution in [-0.2, 0) is 6.42 Å². The predicted molar refractivity (Wildman–Crippen MR) is 74.4 cm³/mol. The van der Waals surface area contributed by atoms with E-state index in [0.29, 0.717) is 12.0 Å². The van der Waals surface area contributed by atoms with E-state index >= 15 is 0 Å². The van der Waals surface area contributed by atoms with E-state index in [4.69, 9.17) is 5.73 Å². The third kappa shape index (κ3) is 2.63. The summed E-state index contributed by atoms with van der Waals surface area (Å²) in [5, 5.41) is 0. The molecule has 2 atom stereocenters. The van der Waals surface area contributed by atoms with Gasteiger partial charge in [0.25, 0.3) is 0 Å². The second-order valence-corrected chi connectivity index (χ2v) is 5.63. The zero-order valence-electron chi connectivity index (χ0n) is 11.2. The zero-order chi connectivity index (χ0) is 12.4. The summed E-state index contributed by atoms with van der Waals surface area (Å²) >= 11 is 0. The SMILES string of the molecule is CC(C)C[C@@H]([C@@H](C)N)N1CCc2ccccc21. The van der Waals surface area contributed by atoms with Crippen LogP contribution in [0.15, 0.2) is 24.3 Å². The molecule has 1 aliphatic rings. The zero-order valence-corrected chi connectivity index (χ0v) is 11.2. The first-order valence-corrected chi connectivity index (χ1v) is 6.69. The number of hydrogen-bond donors (Lipinski definition) is 1. The van der Waals surface area contributed by atoms with Gasteiger partial charge in [0.05, 0.1) is 0 Å². The van der Waals surface area contributed by atoms with E-state index in [9.17, 15) is 0 Å². The molecule has 1 heterocycles. The highest BCUT2D eigenvalue weighted by molar-refractivity contribution is 5.58. The van der Waals surface area contributed by atoms with Crippen LogP contribution in [0.4, 0.5) is 5.69 Å². The third-order valence-electron chi connectivity index (χ3n) is 3.64. The highest BCUT2D eigenvalue weighted by Gasteiger charge is 2.28. The number of fused-ring (bicyclic) bond motifs is 1. The van der Waals surface area contributed by atoms with Crippen molar-refractivity contribution in [2.45, 2.75) is 45.7 Å². The molecule has 0 spiro atoms. The number of para-hydroxylation sites is 1. The molecule has 1 aromatic rings. The van der Waals surface area contributed by atoms with Gasteiger partial charge in [-0.25, -0.2) is 0 Å². The molecule has 2 nitrogen and oxygen atoms in total. The van der Waals surface area contributed by atoms with E-state index in [2.05, 4.69) is 49.9 Å². The van der Waals surface area contributed by atoms with E-state index in [1.807, 2.05) is 0 Å². The quantitative estimate of drug-likeness (QED) is 0.865. The molecule has 0 aliphatic carbocycles. The molecular formula is C15H24N2. The van der Waals surface area contributed by atoms with Crippen LogP contribution in [0.1, 0.15) is 32.8 Å². The van der Waals surface area contributed by atoms with E-state index in [1.165, 1.54) is 17.7 Å². The first kappa shape index (κ1) is 12.4. The molecule has 0 saturated heterocycles. The number of nitrogens with two attached hydrogens (primary N) is 1. The van der Waals surface area contributed by atoms with Crippen LogP contribution < -0.4 is 10.6 Å². The fourth-order valence-electron chi connectivity index (χ4n) is 2.82. The van der Waals surface area contributed by atoms with Gasteiger partial charge < -0.3 is 10.6 Å². The number of nitrogens with zero attached hydrogens (tertiary/aromatic N) is 1. The predicted octanol–water partition coefficient (Wildman–Crippen LogP) is 2.81. The molecular weight excluding hydrogens is 208 g/mol. The Labute approximate surface area is 105 Å². The number of anilines is 1. The van der Waals surface area contributed by atoms with Crippen molar-refractivity contribution in [2.75, 3.05) is 11.4 Å². The summed E-state index contributed by atoms with van der Waals surface area (Å²) in [6.45, 7) is 7.81. The lowest BCUT2D eigenvalue weighted by Gasteiger charge is -2.34. The average molecular weight is 232 g/mol. The fraction of sp³-hybridized carbons (Fsp3) is 0.600. The molecule has 0 fully saturated rings. The second-order valence-electron chi connectivity index (χ2n) is 5.63. The summed E-state index contributed by atoms with van der Waals surface area (Å²) in [7, 11) is 0. The lowest BCUT2D eigenvalue weighted by atomic mass is 9.97. The van der Waals surface area contributed by atoms with Crippen molar-refractivity contribution in [3.8, 4) is 0 Å². The van der Waals surface area contributed by atoms with E-state index < -0.39 is 0 Å². The Hall–Kier alpha value is -1.02. The molecule has 2 rings (SSSR count). The van der Waals surface area contributed by atoms with Crippen LogP contribution in [0, 0.1) is 5.92 Å². The van der Waals surface area contributed by atoms with Crippen LogP contribution in [0.25, 0.3) is 0 Å². The van der Waals surface area contributed by atoms with E-state index in [0.717, 1.165) is 13.0 Å². The normalized spacial score (nSPS) is 18.3. The van der Waals surface area contributed by atoms with Crippen LogP contribution in [0.3, 0.4) is 0 Å². The molecule has 1 aliphatic heterocycles. The second kappa shape index (κ2) is 5.09. The molecule has 0 amide bonds. The van der Waals surface area contributed by atoms with Crippen molar-refractivity contribution in [3.05, 3.63) is 29.8 Å². The molecule has 2 heteroatoms. The van der Waals surface area contributed by atoms with Gasteiger partial charge >= 0.3 is 0 Å². The standard InChI is InChI=1S/C15H24N2/c1-11(2)10-15(12(3)16)17-9-8-13-6-4-5-7-14(13)17/h4-7,11-12,15H,8-10,16H2,1-3H3/t12-,15+/m1/s1. The van der Waals surface area contributed by atoms with Gasteiger partial charge in [-0.3, -0.25) is 0 Å². The van der Waals surface area contributed by atoms with E-state index in [1.54, 1.807) is 0 Å².